The summed E-state index contributed by atoms with van der Waals surface area (Å²) in [7, 11) is 0. The van der Waals surface area contributed by atoms with E-state index in [0.717, 1.165) is 31.8 Å². The number of carboxylic acids is 1. The molecule has 148 valence electrons. The van der Waals surface area contributed by atoms with Crippen molar-refractivity contribution in [3.63, 3.8) is 0 Å². The summed E-state index contributed by atoms with van der Waals surface area (Å²) in [6.45, 7) is -0.390. The summed E-state index contributed by atoms with van der Waals surface area (Å²) in [4.78, 5) is 11.5. The molecular formula is C23H18BrClO3S. The van der Waals surface area contributed by atoms with Gasteiger partial charge in [0.25, 0.3) is 0 Å². The third-order valence-corrected chi connectivity index (χ3v) is 5.99. The minimum atomic E-state index is -1.02. The highest BCUT2D eigenvalue weighted by atomic mass is 79.9. The maximum Gasteiger partial charge on any atom is 0.341 e. The SMILES string of the molecule is O=C(O)COc1ccc(SC/C=C(/c2ccccc2)c2ccc(Br)cc2)c(Cl)c1. The molecule has 3 nitrogen and oxygen atoms in total. The zero-order chi connectivity index (χ0) is 20.6. The number of rotatable bonds is 8. The molecule has 0 saturated carbocycles. The Hall–Kier alpha value is -2.21. The second kappa shape index (κ2) is 10.5. The number of halogens is 2. The number of hydrogen-bond donors (Lipinski definition) is 1. The molecule has 0 heterocycles. The molecule has 6 heteroatoms. The van der Waals surface area contributed by atoms with Crippen molar-refractivity contribution in [3.05, 3.63) is 99.5 Å². The summed E-state index contributed by atoms with van der Waals surface area (Å²) in [6, 6.07) is 23.7. The van der Waals surface area contributed by atoms with E-state index in [1.54, 1.807) is 23.9 Å². The second-order valence-corrected chi connectivity index (χ2v) is 8.46. The largest absolute Gasteiger partial charge is 0.482 e. The van der Waals surface area contributed by atoms with Gasteiger partial charge in [0.15, 0.2) is 6.61 Å². The van der Waals surface area contributed by atoms with E-state index < -0.39 is 5.97 Å². The van der Waals surface area contributed by atoms with Gasteiger partial charge < -0.3 is 9.84 Å². The Morgan fingerprint density at radius 2 is 1.72 bits per heavy atom. The maximum absolute atomic E-state index is 10.6. The molecule has 0 fully saturated rings. The van der Waals surface area contributed by atoms with Crippen LogP contribution in [-0.4, -0.2) is 23.4 Å². The van der Waals surface area contributed by atoms with Crippen LogP contribution < -0.4 is 4.74 Å². The predicted octanol–water partition coefficient (Wildman–Crippen LogP) is 6.79. The third-order valence-electron chi connectivity index (χ3n) is 4.03. The van der Waals surface area contributed by atoms with Crippen molar-refractivity contribution in [3.8, 4) is 5.75 Å². The van der Waals surface area contributed by atoms with Crippen LogP contribution in [0.2, 0.25) is 5.02 Å². The molecule has 0 bridgehead atoms. The summed E-state index contributed by atoms with van der Waals surface area (Å²) in [5, 5.41) is 9.24. The average Bonchev–Trinajstić information content (AvgIpc) is 2.72. The molecule has 0 aliphatic heterocycles. The van der Waals surface area contributed by atoms with Gasteiger partial charge in [-0.05, 0) is 47.0 Å². The Kier molecular flexibility index (Phi) is 7.81. The van der Waals surface area contributed by atoms with Gasteiger partial charge in [0.2, 0.25) is 0 Å². The number of thioether (sulfide) groups is 1. The number of carboxylic acid groups (broad SMARTS) is 1. The Balaban J connectivity index is 1.76. The first kappa shape index (κ1) is 21.5. The first-order valence-electron chi connectivity index (χ1n) is 8.81. The monoisotopic (exact) mass is 488 g/mol. The van der Waals surface area contributed by atoms with Gasteiger partial charge in [-0.15, -0.1) is 11.8 Å². The minimum absolute atomic E-state index is 0.390. The van der Waals surface area contributed by atoms with E-state index >= 15 is 0 Å². The molecule has 3 rings (SSSR count). The first-order chi connectivity index (χ1) is 14.0. The summed E-state index contributed by atoms with van der Waals surface area (Å²) in [5.41, 5.74) is 3.45. The van der Waals surface area contributed by atoms with E-state index in [0.29, 0.717) is 10.8 Å². The van der Waals surface area contributed by atoms with E-state index in [4.69, 9.17) is 21.4 Å². The van der Waals surface area contributed by atoms with Crippen LogP contribution >= 0.6 is 39.3 Å². The molecule has 0 saturated heterocycles. The predicted molar refractivity (Wildman–Crippen MR) is 123 cm³/mol. The lowest BCUT2D eigenvalue weighted by Gasteiger charge is -2.10. The second-order valence-electron chi connectivity index (χ2n) is 6.08. The highest BCUT2D eigenvalue weighted by Gasteiger charge is 2.07. The molecule has 0 aliphatic rings. The molecule has 0 aliphatic carbocycles. The summed E-state index contributed by atoms with van der Waals surface area (Å²) >= 11 is 11.4. The lowest BCUT2D eigenvalue weighted by atomic mass is 9.98. The Labute approximate surface area is 187 Å². The molecule has 1 N–H and O–H groups in total. The van der Waals surface area contributed by atoms with E-state index in [1.165, 1.54) is 0 Å². The highest BCUT2D eigenvalue weighted by molar-refractivity contribution is 9.10. The van der Waals surface area contributed by atoms with Gasteiger partial charge in [-0.3, -0.25) is 0 Å². The molecule has 3 aromatic rings. The van der Waals surface area contributed by atoms with Gasteiger partial charge in [-0.2, -0.15) is 0 Å². The van der Waals surface area contributed by atoms with Crippen molar-refractivity contribution in [2.45, 2.75) is 4.90 Å². The minimum Gasteiger partial charge on any atom is -0.482 e. The first-order valence-corrected chi connectivity index (χ1v) is 11.0. The van der Waals surface area contributed by atoms with Crippen LogP contribution in [0.3, 0.4) is 0 Å². The smallest absolute Gasteiger partial charge is 0.341 e. The van der Waals surface area contributed by atoms with Gasteiger partial charge in [-0.25, -0.2) is 4.79 Å². The van der Waals surface area contributed by atoms with Gasteiger partial charge in [0.05, 0.1) is 5.02 Å². The van der Waals surface area contributed by atoms with Gasteiger partial charge >= 0.3 is 5.97 Å². The quantitative estimate of drug-likeness (QED) is 0.354. The van der Waals surface area contributed by atoms with Gasteiger partial charge in [0.1, 0.15) is 5.75 Å². The van der Waals surface area contributed by atoms with Crippen LogP contribution in [0.1, 0.15) is 11.1 Å². The van der Waals surface area contributed by atoms with Gasteiger partial charge in [-0.1, -0.05) is 76.1 Å². The van der Waals surface area contributed by atoms with Crippen molar-refractivity contribution in [1.82, 2.24) is 0 Å². The van der Waals surface area contributed by atoms with Crippen LogP contribution in [-0.2, 0) is 4.79 Å². The Morgan fingerprint density at radius 3 is 2.38 bits per heavy atom. The fourth-order valence-corrected chi connectivity index (χ4v) is 4.09. The Bertz CT molecular complexity index is 1000. The lowest BCUT2D eigenvalue weighted by molar-refractivity contribution is -0.139. The van der Waals surface area contributed by atoms with Crippen LogP contribution in [0.15, 0.2) is 88.2 Å². The zero-order valence-corrected chi connectivity index (χ0v) is 18.5. The summed E-state index contributed by atoms with van der Waals surface area (Å²) in [6.07, 6.45) is 2.19. The molecule has 0 aromatic heterocycles. The van der Waals surface area contributed by atoms with E-state index in [9.17, 15) is 4.79 Å². The number of aliphatic carboxylic acids is 1. The van der Waals surface area contributed by atoms with Crippen molar-refractivity contribution < 1.29 is 14.6 Å². The van der Waals surface area contributed by atoms with Gasteiger partial charge in [0, 0.05) is 15.1 Å². The van der Waals surface area contributed by atoms with Crippen LogP contribution in [0.25, 0.3) is 5.57 Å². The lowest BCUT2D eigenvalue weighted by Crippen LogP contribution is -2.09. The van der Waals surface area contributed by atoms with E-state index in [2.05, 4.69) is 46.3 Å². The van der Waals surface area contributed by atoms with Crippen molar-refractivity contribution in [2.24, 2.45) is 0 Å². The molecule has 0 spiro atoms. The average molecular weight is 490 g/mol. The zero-order valence-electron chi connectivity index (χ0n) is 15.3. The standard InChI is InChI=1S/C23H18BrClO3S/c24-18-8-6-17(7-9-18)20(16-4-2-1-3-5-16)12-13-29-22-11-10-19(14-21(22)25)28-15-23(26)27/h1-12,14H,13,15H2,(H,26,27)/b20-12-. The molecule has 3 aromatic carbocycles. The van der Waals surface area contributed by atoms with Crippen LogP contribution in [0.4, 0.5) is 0 Å². The number of carbonyl (C=O) groups is 1. The highest BCUT2D eigenvalue weighted by Crippen LogP contribution is 2.32. The van der Waals surface area contributed by atoms with Crippen LogP contribution in [0.5, 0.6) is 5.75 Å². The molecule has 0 radical (unpaired) electrons. The van der Waals surface area contributed by atoms with E-state index in [1.807, 2.05) is 36.4 Å². The summed E-state index contributed by atoms with van der Waals surface area (Å²) < 4.78 is 6.20. The maximum atomic E-state index is 10.6. The molecular weight excluding hydrogens is 472 g/mol. The van der Waals surface area contributed by atoms with Crippen molar-refractivity contribution in [1.29, 1.82) is 0 Å². The topological polar surface area (TPSA) is 46.5 Å². The molecule has 0 atom stereocenters. The van der Waals surface area contributed by atoms with Crippen molar-refractivity contribution in [2.75, 3.05) is 12.4 Å². The van der Waals surface area contributed by atoms with E-state index in [-0.39, 0.29) is 6.61 Å². The molecule has 0 amide bonds. The Morgan fingerprint density at radius 1 is 1.03 bits per heavy atom. The number of hydrogen-bond acceptors (Lipinski definition) is 3. The number of ether oxygens (including phenoxy) is 1. The number of benzene rings is 3. The van der Waals surface area contributed by atoms with Crippen molar-refractivity contribution >= 4 is 50.8 Å². The fourth-order valence-electron chi connectivity index (χ4n) is 2.70. The third kappa shape index (κ3) is 6.39. The molecule has 0 unspecified atom stereocenters. The molecule has 29 heavy (non-hydrogen) atoms. The normalized spacial score (nSPS) is 11.3. The summed E-state index contributed by atoms with van der Waals surface area (Å²) in [5.74, 6) is 0.151. The van der Waals surface area contributed by atoms with Crippen LogP contribution in [0, 0.1) is 0 Å². The fraction of sp³-hybridized carbons (Fsp3) is 0.0870.